The molecule has 1 saturated heterocycles. The second kappa shape index (κ2) is 10.7. The van der Waals surface area contributed by atoms with E-state index in [0.29, 0.717) is 18.2 Å². The minimum Gasteiger partial charge on any atom is -0.545 e. The first kappa shape index (κ1) is 26.1. The topological polar surface area (TPSA) is 101 Å². The Morgan fingerprint density at radius 2 is 2.09 bits per heavy atom. The number of carbonyl (C=O) groups excluding carboxylic acids is 2. The van der Waals surface area contributed by atoms with E-state index >= 15 is 0 Å². The van der Waals surface area contributed by atoms with Gasteiger partial charge in [0.05, 0.1) is 24.7 Å². The average Bonchev–Trinajstić information content (AvgIpc) is 3.12. The van der Waals surface area contributed by atoms with Gasteiger partial charge >= 0.3 is 25.0 Å². The Balaban J connectivity index is 0.00000363. The standard InChI is InChI=1S/C21H25FN2O6S.Li/c1-12-9-23-18(31-12)15-7-13(8-16(17(15)22)19(25)26)29-11-14-10-24(5-6-28-14)20(27)30-21(2,3)4;/h7-9,14H,5-6,10-11H2,1-4H3,(H,25,26);/q;+1/p-1/t14-;/m1./s1. The molecule has 1 amide bonds. The number of amides is 1. The molecule has 1 atom stereocenters. The molecule has 0 radical (unpaired) electrons. The number of carbonyl (C=O) groups is 2. The van der Waals surface area contributed by atoms with Gasteiger partial charge in [-0.25, -0.2) is 14.2 Å². The van der Waals surface area contributed by atoms with E-state index < -0.39 is 35.1 Å². The van der Waals surface area contributed by atoms with Gasteiger partial charge in [0, 0.05) is 23.2 Å². The van der Waals surface area contributed by atoms with Crippen molar-refractivity contribution >= 4 is 23.4 Å². The van der Waals surface area contributed by atoms with E-state index in [-0.39, 0.29) is 43.3 Å². The molecule has 168 valence electrons. The van der Waals surface area contributed by atoms with Crippen LogP contribution in [0.25, 0.3) is 10.6 Å². The zero-order chi connectivity index (χ0) is 22.8. The number of aromatic nitrogens is 1. The number of carboxylic acid groups (broad SMARTS) is 1. The summed E-state index contributed by atoms with van der Waals surface area (Å²) in [6.07, 6.45) is 0.679. The smallest absolute Gasteiger partial charge is 0.545 e. The van der Waals surface area contributed by atoms with Crippen molar-refractivity contribution < 1.29 is 52.2 Å². The van der Waals surface area contributed by atoms with Gasteiger partial charge in [0.15, 0.2) is 0 Å². The molecule has 1 aliphatic heterocycles. The first-order chi connectivity index (χ1) is 14.5. The van der Waals surface area contributed by atoms with Gasteiger partial charge in [-0.3, -0.25) is 0 Å². The number of ether oxygens (including phenoxy) is 3. The maximum absolute atomic E-state index is 14.7. The minimum absolute atomic E-state index is 0. The molecule has 1 fully saturated rings. The van der Waals surface area contributed by atoms with Crippen LogP contribution >= 0.6 is 11.3 Å². The summed E-state index contributed by atoms with van der Waals surface area (Å²) < 4.78 is 31.4. The van der Waals surface area contributed by atoms with Crippen LogP contribution in [0.5, 0.6) is 5.75 Å². The summed E-state index contributed by atoms with van der Waals surface area (Å²) in [4.78, 5) is 30.2. The largest absolute Gasteiger partial charge is 1.00 e. The molecule has 11 heteroatoms. The van der Waals surface area contributed by atoms with Gasteiger partial charge in [0.2, 0.25) is 0 Å². The molecular weight excluding hydrogens is 434 g/mol. The number of aryl methyl sites for hydroxylation is 1. The number of carboxylic acids is 1. The van der Waals surface area contributed by atoms with Crippen molar-refractivity contribution in [1.29, 1.82) is 0 Å². The number of morpholine rings is 1. The number of aromatic carboxylic acids is 1. The van der Waals surface area contributed by atoms with Crippen LogP contribution in [-0.4, -0.2) is 60.0 Å². The summed E-state index contributed by atoms with van der Waals surface area (Å²) in [5.41, 5.74) is -1.20. The molecule has 1 aliphatic rings. The number of rotatable bonds is 5. The number of hydrogen-bond acceptors (Lipinski definition) is 8. The average molecular weight is 458 g/mol. The molecule has 0 N–H and O–H groups in total. The summed E-state index contributed by atoms with van der Waals surface area (Å²) in [7, 11) is 0. The van der Waals surface area contributed by atoms with Crippen molar-refractivity contribution in [1.82, 2.24) is 9.88 Å². The SMILES string of the molecule is Cc1cnc(-c2cc(OC[C@H]3CN(C(=O)OC(C)(C)C)CCO3)cc(C(=O)[O-])c2F)s1.[Li+]. The minimum atomic E-state index is -1.65. The number of halogens is 1. The molecule has 1 aromatic carbocycles. The van der Waals surface area contributed by atoms with Crippen molar-refractivity contribution in [2.24, 2.45) is 0 Å². The van der Waals surface area contributed by atoms with Gasteiger partial charge in [-0.15, -0.1) is 11.3 Å². The third-order valence-electron chi connectivity index (χ3n) is 4.34. The van der Waals surface area contributed by atoms with Gasteiger partial charge in [-0.2, -0.15) is 0 Å². The zero-order valence-corrected chi connectivity index (χ0v) is 19.6. The third kappa shape index (κ3) is 6.69. The molecule has 2 heterocycles. The Bertz CT molecular complexity index is 978. The quantitative estimate of drug-likeness (QED) is 0.564. The Morgan fingerprint density at radius 1 is 1.38 bits per heavy atom. The van der Waals surface area contributed by atoms with Crippen LogP contribution in [0.4, 0.5) is 9.18 Å². The van der Waals surface area contributed by atoms with Gasteiger partial charge in [-0.1, -0.05) is 0 Å². The summed E-state index contributed by atoms with van der Waals surface area (Å²) in [5, 5.41) is 11.7. The first-order valence-corrected chi connectivity index (χ1v) is 10.5. The third-order valence-corrected chi connectivity index (χ3v) is 5.29. The van der Waals surface area contributed by atoms with E-state index in [0.717, 1.165) is 10.9 Å². The molecular formula is C21H24FLiN2O6S. The Hall–Kier alpha value is -2.12. The fourth-order valence-electron chi connectivity index (χ4n) is 2.97. The van der Waals surface area contributed by atoms with Crippen LogP contribution in [0, 0.1) is 12.7 Å². The van der Waals surface area contributed by atoms with E-state index in [4.69, 9.17) is 14.2 Å². The van der Waals surface area contributed by atoms with Crippen LogP contribution in [0.15, 0.2) is 18.3 Å². The van der Waals surface area contributed by atoms with Crippen LogP contribution in [0.3, 0.4) is 0 Å². The first-order valence-electron chi connectivity index (χ1n) is 9.73. The summed E-state index contributed by atoms with van der Waals surface area (Å²) in [6, 6.07) is 2.47. The van der Waals surface area contributed by atoms with Crippen molar-refractivity contribution in [3.8, 4) is 16.3 Å². The zero-order valence-electron chi connectivity index (χ0n) is 18.8. The normalized spacial score (nSPS) is 16.3. The molecule has 2 aromatic rings. The van der Waals surface area contributed by atoms with Crippen molar-refractivity contribution in [3.63, 3.8) is 0 Å². The predicted molar refractivity (Wildman–Crippen MR) is 110 cm³/mol. The predicted octanol–water partition coefficient (Wildman–Crippen LogP) is -0.360. The maximum atomic E-state index is 14.7. The molecule has 0 spiro atoms. The van der Waals surface area contributed by atoms with Crippen LogP contribution in [0.2, 0.25) is 0 Å². The molecule has 3 rings (SSSR count). The van der Waals surface area contributed by atoms with Crippen molar-refractivity contribution in [3.05, 3.63) is 34.6 Å². The maximum Gasteiger partial charge on any atom is 1.00 e. The Labute approximate surface area is 201 Å². The molecule has 1 aromatic heterocycles. The number of nitrogens with zero attached hydrogens (tertiary/aromatic N) is 2. The van der Waals surface area contributed by atoms with E-state index in [2.05, 4.69) is 4.98 Å². The van der Waals surface area contributed by atoms with Gasteiger partial charge in [-0.05, 0) is 39.8 Å². The number of hydrogen-bond donors (Lipinski definition) is 0. The van der Waals surface area contributed by atoms with Gasteiger partial charge in [0.25, 0.3) is 0 Å². The fraction of sp³-hybridized carbons (Fsp3) is 0.476. The van der Waals surface area contributed by atoms with E-state index in [1.54, 1.807) is 27.0 Å². The van der Waals surface area contributed by atoms with Crippen LogP contribution in [0.1, 0.15) is 36.0 Å². The van der Waals surface area contributed by atoms with E-state index in [9.17, 15) is 19.1 Å². The summed E-state index contributed by atoms with van der Waals surface area (Å²) in [5.74, 6) is -2.43. The Morgan fingerprint density at radius 3 is 2.69 bits per heavy atom. The fourth-order valence-corrected chi connectivity index (χ4v) is 3.74. The molecule has 0 aliphatic carbocycles. The van der Waals surface area contributed by atoms with Crippen molar-refractivity contribution in [2.75, 3.05) is 26.3 Å². The number of benzene rings is 1. The molecule has 0 bridgehead atoms. The van der Waals surface area contributed by atoms with E-state index in [1.807, 2.05) is 6.92 Å². The van der Waals surface area contributed by atoms with Gasteiger partial charge in [0.1, 0.15) is 34.9 Å². The molecule has 8 nitrogen and oxygen atoms in total. The second-order valence-corrected chi connectivity index (χ2v) is 9.36. The molecule has 0 unspecified atom stereocenters. The molecule has 0 saturated carbocycles. The number of thiazole rings is 1. The molecule has 32 heavy (non-hydrogen) atoms. The summed E-state index contributed by atoms with van der Waals surface area (Å²) in [6.45, 7) is 8.17. The second-order valence-electron chi connectivity index (χ2n) is 8.13. The van der Waals surface area contributed by atoms with Crippen LogP contribution < -0.4 is 28.7 Å². The van der Waals surface area contributed by atoms with E-state index in [1.165, 1.54) is 22.3 Å². The monoisotopic (exact) mass is 458 g/mol. The van der Waals surface area contributed by atoms with Crippen LogP contribution in [-0.2, 0) is 9.47 Å². The Kier molecular flexibility index (Phi) is 8.71. The van der Waals surface area contributed by atoms with Gasteiger partial charge < -0.3 is 29.0 Å². The van der Waals surface area contributed by atoms with Crippen molar-refractivity contribution in [2.45, 2.75) is 39.4 Å². The summed E-state index contributed by atoms with van der Waals surface area (Å²) >= 11 is 1.24.